The van der Waals surface area contributed by atoms with Crippen molar-refractivity contribution in [3.05, 3.63) is 35.5 Å². The first kappa shape index (κ1) is 12.6. The Morgan fingerprint density at radius 2 is 2.11 bits per heavy atom. The number of aromatic nitrogens is 2. The molecule has 0 saturated heterocycles. The van der Waals surface area contributed by atoms with E-state index in [1.54, 1.807) is 11.8 Å². The van der Waals surface area contributed by atoms with Crippen LogP contribution in [0.25, 0.3) is 11.3 Å². The second-order valence-corrected chi connectivity index (χ2v) is 4.26. The van der Waals surface area contributed by atoms with Crippen molar-refractivity contribution in [3.8, 4) is 17.0 Å². The summed E-state index contributed by atoms with van der Waals surface area (Å²) in [5.74, 6) is 0.923. The quantitative estimate of drug-likeness (QED) is 0.897. The maximum Gasteiger partial charge on any atom is 0.122 e. The number of rotatable bonds is 4. The average molecular weight is 245 g/mol. The van der Waals surface area contributed by atoms with Crippen molar-refractivity contribution in [2.75, 3.05) is 7.11 Å². The number of hydrogen-bond donors (Lipinski definition) is 1. The van der Waals surface area contributed by atoms with Crippen LogP contribution in [-0.4, -0.2) is 16.9 Å². The summed E-state index contributed by atoms with van der Waals surface area (Å²) >= 11 is 0. The van der Waals surface area contributed by atoms with E-state index in [-0.39, 0.29) is 0 Å². The van der Waals surface area contributed by atoms with Crippen LogP contribution in [0.5, 0.6) is 5.75 Å². The summed E-state index contributed by atoms with van der Waals surface area (Å²) in [5, 5.41) is 4.48. The van der Waals surface area contributed by atoms with Crippen LogP contribution in [0.4, 0.5) is 0 Å². The Balaban J connectivity index is 2.50. The van der Waals surface area contributed by atoms with E-state index in [4.69, 9.17) is 10.5 Å². The van der Waals surface area contributed by atoms with Gasteiger partial charge in [0.05, 0.1) is 12.8 Å². The molecule has 0 amide bonds. The number of ether oxygens (including phenoxy) is 1. The number of hydrogen-bond acceptors (Lipinski definition) is 3. The van der Waals surface area contributed by atoms with Crippen molar-refractivity contribution in [3.63, 3.8) is 0 Å². The third kappa shape index (κ3) is 2.24. The summed E-state index contributed by atoms with van der Waals surface area (Å²) in [4.78, 5) is 0. The van der Waals surface area contributed by atoms with Gasteiger partial charge in [-0.1, -0.05) is 6.92 Å². The molecule has 0 saturated carbocycles. The Bertz CT molecular complexity index is 546. The average Bonchev–Trinajstić information content (AvgIpc) is 2.79. The molecule has 0 aliphatic carbocycles. The van der Waals surface area contributed by atoms with Gasteiger partial charge in [-0.05, 0) is 30.2 Å². The zero-order valence-electron chi connectivity index (χ0n) is 11.1. The normalized spacial score (nSPS) is 10.7. The fourth-order valence-electron chi connectivity index (χ4n) is 2.13. The molecule has 0 radical (unpaired) electrons. The van der Waals surface area contributed by atoms with E-state index in [9.17, 15) is 0 Å². The SMILES string of the molecule is CCc1cc(-c2nn(C)cc2CN)ccc1OC. The summed E-state index contributed by atoms with van der Waals surface area (Å²) < 4.78 is 7.14. The molecule has 1 aromatic carbocycles. The Morgan fingerprint density at radius 3 is 2.72 bits per heavy atom. The van der Waals surface area contributed by atoms with Gasteiger partial charge >= 0.3 is 0 Å². The van der Waals surface area contributed by atoms with E-state index in [1.807, 2.05) is 25.4 Å². The van der Waals surface area contributed by atoms with E-state index in [2.05, 4.69) is 18.1 Å². The summed E-state index contributed by atoms with van der Waals surface area (Å²) in [6, 6.07) is 6.14. The fraction of sp³-hybridized carbons (Fsp3) is 0.357. The van der Waals surface area contributed by atoms with Crippen molar-refractivity contribution in [1.82, 2.24) is 9.78 Å². The lowest BCUT2D eigenvalue weighted by molar-refractivity contribution is 0.410. The molecule has 0 fully saturated rings. The van der Waals surface area contributed by atoms with Crippen molar-refractivity contribution >= 4 is 0 Å². The molecule has 0 atom stereocenters. The lowest BCUT2D eigenvalue weighted by Gasteiger charge is -2.08. The standard InChI is InChI=1S/C14H19N3O/c1-4-10-7-11(5-6-13(10)18-3)14-12(8-15)9-17(2)16-14/h5-7,9H,4,8,15H2,1-3H3. The Morgan fingerprint density at radius 1 is 1.33 bits per heavy atom. The minimum atomic E-state index is 0.497. The van der Waals surface area contributed by atoms with Gasteiger partial charge in [-0.15, -0.1) is 0 Å². The Kier molecular flexibility index (Phi) is 3.67. The highest BCUT2D eigenvalue weighted by molar-refractivity contribution is 5.65. The van der Waals surface area contributed by atoms with Crippen LogP contribution >= 0.6 is 0 Å². The first-order chi connectivity index (χ1) is 8.69. The largest absolute Gasteiger partial charge is 0.496 e. The predicted octanol–water partition coefficient (Wildman–Crippen LogP) is 2.12. The van der Waals surface area contributed by atoms with Gasteiger partial charge in [0.1, 0.15) is 5.75 Å². The molecule has 0 aliphatic rings. The Hall–Kier alpha value is -1.81. The van der Waals surface area contributed by atoms with Crippen LogP contribution in [-0.2, 0) is 20.0 Å². The van der Waals surface area contributed by atoms with Gasteiger partial charge in [0.2, 0.25) is 0 Å². The topological polar surface area (TPSA) is 53.1 Å². The summed E-state index contributed by atoms with van der Waals surface area (Å²) in [7, 11) is 3.60. The molecule has 4 heteroatoms. The van der Waals surface area contributed by atoms with Gasteiger partial charge in [-0.2, -0.15) is 5.10 Å². The van der Waals surface area contributed by atoms with Crippen LogP contribution in [0.2, 0.25) is 0 Å². The van der Waals surface area contributed by atoms with Crippen molar-refractivity contribution in [1.29, 1.82) is 0 Å². The van der Waals surface area contributed by atoms with Gasteiger partial charge in [0, 0.05) is 30.9 Å². The minimum Gasteiger partial charge on any atom is -0.496 e. The molecule has 0 bridgehead atoms. The number of benzene rings is 1. The smallest absolute Gasteiger partial charge is 0.122 e. The molecule has 1 aromatic heterocycles. The third-order valence-corrected chi connectivity index (χ3v) is 3.06. The molecule has 18 heavy (non-hydrogen) atoms. The highest BCUT2D eigenvalue weighted by Gasteiger charge is 2.11. The third-order valence-electron chi connectivity index (χ3n) is 3.06. The van der Waals surface area contributed by atoms with E-state index < -0.39 is 0 Å². The number of aryl methyl sites for hydroxylation is 2. The number of nitrogens with two attached hydrogens (primary N) is 1. The second-order valence-electron chi connectivity index (χ2n) is 4.26. The summed E-state index contributed by atoms with van der Waals surface area (Å²) in [5.41, 5.74) is 10.0. The van der Waals surface area contributed by atoms with Crippen LogP contribution in [0, 0.1) is 0 Å². The van der Waals surface area contributed by atoms with Crippen LogP contribution in [0.15, 0.2) is 24.4 Å². The van der Waals surface area contributed by atoms with E-state index >= 15 is 0 Å². The molecule has 1 heterocycles. The molecule has 2 rings (SSSR count). The van der Waals surface area contributed by atoms with Crippen molar-refractivity contribution < 1.29 is 4.74 Å². The molecule has 0 aliphatic heterocycles. The first-order valence-electron chi connectivity index (χ1n) is 6.09. The molecular formula is C14H19N3O. The van der Waals surface area contributed by atoms with Crippen LogP contribution in [0.3, 0.4) is 0 Å². The molecule has 4 nitrogen and oxygen atoms in total. The van der Waals surface area contributed by atoms with E-state index in [0.29, 0.717) is 6.54 Å². The number of methoxy groups -OCH3 is 1. The molecule has 0 unspecified atom stereocenters. The van der Waals surface area contributed by atoms with Gasteiger partial charge in [0.25, 0.3) is 0 Å². The van der Waals surface area contributed by atoms with Crippen LogP contribution < -0.4 is 10.5 Å². The molecule has 96 valence electrons. The molecule has 2 N–H and O–H groups in total. The zero-order valence-corrected chi connectivity index (χ0v) is 11.1. The molecule has 0 spiro atoms. The maximum absolute atomic E-state index is 5.75. The molecule has 2 aromatic rings. The predicted molar refractivity (Wildman–Crippen MR) is 72.5 cm³/mol. The number of nitrogens with zero attached hydrogens (tertiary/aromatic N) is 2. The van der Waals surface area contributed by atoms with Crippen molar-refractivity contribution in [2.24, 2.45) is 12.8 Å². The summed E-state index contributed by atoms with van der Waals surface area (Å²) in [6.07, 6.45) is 2.90. The highest BCUT2D eigenvalue weighted by Crippen LogP contribution is 2.28. The lowest BCUT2D eigenvalue weighted by atomic mass is 10.0. The lowest BCUT2D eigenvalue weighted by Crippen LogP contribution is -1.97. The zero-order chi connectivity index (χ0) is 13.1. The monoisotopic (exact) mass is 245 g/mol. The Labute approximate surface area is 107 Å². The highest BCUT2D eigenvalue weighted by atomic mass is 16.5. The first-order valence-corrected chi connectivity index (χ1v) is 6.09. The fourth-order valence-corrected chi connectivity index (χ4v) is 2.13. The minimum absolute atomic E-state index is 0.497. The van der Waals surface area contributed by atoms with Crippen LogP contribution in [0.1, 0.15) is 18.1 Å². The maximum atomic E-state index is 5.75. The van der Waals surface area contributed by atoms with Crippen molar-refractivity contribution in [2.45, 2.75) is 19.9 Å². The summed E-state index contributed by atoms with van der Waals surface area (Å²) in [6.45, 7) is 2.61. The van der Waals surface area contributed by atoms with Gasteiger partial charge in [-0.3, -0.25) is 4.68 Å². The van der Waals surface area contributed by atoms with Gasteiger partial charge in [-0.25, -0.2) is 0 Å². The van der Waals surface area contributed by atoms with E-state index in [0.717, 1.165) is 29.0 Å². The second kappa shape index (κ2) is 5.23. The molecular weight excluding hydrogens is 226 g/mol. The van der Waals surface area contributed by atoms with Gasteiger partial charge in [0.15, 0.2) is 0 Å². The van der Waals surface area contributed by atoms with E-state index in [1.165, 1.54) is 5.56 Å². The van der Waals surface area contributed by atoms with Gasteiger partial charge < -0.3 is 10.5 Å².